The Morgan fingerprint density at radius 3 is 2.70 bits per heavy atom. The van der Waals surface area contributed by atoms with Gasteiger partial charge in [0.05, 0.1) is 36.2 Å². The van der Waals surface area contributed by atoms with Crippen LogP contribution in [-0.2, 0) is 17.8 Å². The van der Waals surface area contributed by atoms with E-state index in [1.807, 2.05) is 13.1 Å². The van der Waals surface area contributed by atoms with Gasteiger partial charge in [-0.15, -0.1) is 0 Å². The molecule has 0 radical (unpaired) electrons. The second-order valence-corrected chi connectivity index (χ2v) is 7.65. The maximum Gasteiger partial charge on any atom is 0.230 e. The number of rotatable bonds is 7. The minimum Gasteiger partial charge on any atom is -0.362 e. The van der Waals surface area contributed by atoms with Crippen LogP contribution in [0, 0.1) is 18.6 Å². The van der Waals surface area contributed by atoms with Crippen LogP contribution in [-0.4, -0.2) is 30.6 Å². The smallest absolute Gasteiger partial charge is 0.230 e. The second-order valence-electron chi connectivity index (χ2n) is 7.65. The molecule has 0 unspecified atom stereocenters. The van der Waals surface area contributed by atoms with Crippen LogP contribution in [0.4, 0.5) is 20.3 Å². The Hall–Kier alpha value is -3.95. The van der Waals surface area contributed by atoms with Gasteiger partial charge < -0.3 is 10.6 Å². The van der Waals surface area contributed by atoms with Gasteiger partial charge in [-0.05, 0) is 51.1 Å². The molecule has 0 aliphatic carbocycles. The lowest BCUT2D eigenvalue weighted by molar-refractivity contribution is -0.115. The first-order chi connectivity index (χ1) is 15.8. The summed E-state index contributed by atoms with van der Waals surface area (Å²) in [5, 5.41) is 10.2. The van der Waals surface area contributed by atoms with E-state index in [2.05, 4.69) is 30.7 Å². The van der Waals surface area contributed by atoms with Gasteiger partial charge in [0.2, 0.25) is 11.6 Å². The number of amides is 1. The number of carbonyl (C=O) groups excluding carboxylic acids is 1. The standard InChI is InChI=1S/C23H23F2N7O/c1-4-32-12-20-23(31-32)30-21(11-26-20)28-13(2)17-9-15(6-8-19(17)25)29-22(33)10-16-5-7-18(24)14(3)27-16/h5-9,11-13H,4,10H2,1-3H3,(H,29,33)(H,28,30,31)/t13-/m0/s1. The highest BCUT2D eigenvalue weighted by molar-refractivity contribution is 5.92. The summed E-state index contributed by atoms with van der Waals surface area (Å²) in [6.07, 6.45) is 3.35. The van der Waals surface area contributed by atoms with E-state index in [1.54, 1.807) is 23.9 Å². The summed E-state index contributed by atoms with van der Waals surface area (Å²) >= 11 is 0. The van der Waals surface area contributed by atoms with Crippen molar-refractivity contribution >= 4 is 28.6 Å². The third kappa shape index (κ3) is 5.11. The molecule has 170 valence electrons. The molecule has 0 fully saturated rings. The molecule has 0 saturated carbocycles. The fourth-order valence-electron chi connectivity index (χ4n) is 3.39. The molecular weight excluding hydrogens is 428 g/mol. The van der Waals surface area contributed by atoms with E-state index in [0.29, 0.717) is 40.5 Å². The van der Waals surface area contributed by atoms with Crippen LogP contribution in [0.15, 0.2) is 42.7 Å². The normalized spacial score (nSPS) is 12.0. The Morgan fingerprint density at radius 1 is 1.15 bits per heavy atom. The average molecular weight is 451 g/mol. The molecule has 0 aliphatic rings. The number of hydrogen-bond acceptors (Lipinski definition) is 6. The number of carbonyl (C=O) groups is 1. The van der Waals surface area contributed by atoms with E-state index in [9.17, 15) is 13.6 Å². The van der Waals surface area contributed by atoms with Crippen LogP contribution in [0.5, 0.6) is 0 Å². The van der Waals surface area contributed by atoms with Gasteiger partial charge in [0.15, 0.2) is 0 Å². The minimum absolute atomic E-state index is 0.0261. The van der Waals surface area contributed by atoms with Gasteiger partial charge >= 0.3 is 0 Å². The molecule has 3 aromatic heterocycles. The molecular formula is C23H23F2N7O. The molecule has 8 nitrogen and oxygen atoms in total. The van der Waals surface area contributed by atoms with Crippen molar-refractivity contribution in [3.63, 3.8) is 0 Å². The quantitative estimate of drug-likeness (QED) is 0.438. The Labute approximate surface area is 189 Å². The van der Waals surface area contributed by atoms with E-state index >= 15 is 0 Å². The number of pyridine rings is 1. The summed E-state index contributed by atoms with van der Waals surface area (Å²) in [7, 11) is 0. The molecule has 2 N–H and O–H groups in total. The van der Waals surface area contributed by atoms with Gasteiger partial charge in [-0.3, -0.25) is 14.5 Å². The first-order valence-corrected chi connectivity index (χ1v) is 10.5. The molecule has 1 atom stereocenters. The molecule has 33 heavy (non-hydrogen) atoms. The van der Waals surface area contributed by atoms with Crippen molar-refractivity contribution in [3.05, 3.63) is 71.3 Å². The van der Waals surface area contributed by atoms with Gasteiger partial charge in [0.25, 0.3) is 0 Å². The van der Waals surface area contributed by atoms with E-state index in [-0.39, 0.29) is 18.0 Å². The van der Waals surface area contributed by atoms with Crippen molar-refractivity contribution in [1.29, 1.82) is 0 Å². The maximum atomic E-state index is 14.5. The SMILES string of the molecule is CCn1cc2ncc(N[C@@H](C)c3cc(NC(=O)Cc4ccc(F)c(C)n4)ccc3F)nc2n1. The van der Waals surface area contributed by atoms with Crippen molar-refractivity contribution in [2.75, 3.05) is 10.6 Å². The van der Waals surface area contributed by atoms with Gasteiger partial charge in [0.1, 0.15) is 23.0 Å². The fraction of sp³-hybridized carbons (Fsp3) is 0.261. The molecule has 0 saturated heterocycles. The molecule has 10 heteroatoms. The largest absolute Gasteiger partial charge is 0.362 e. The summed E-state index contributed by atoms with van der Waals surface area (Å²) < 4.78 is 29.7. The maximum absolute atomic E-state index is 14.5. The zero-order valence-electron chi connectivity index (χ0n) is 18.4. The molecule has 1 amide bonds. The monoisotopic (exact) mass is 451 g/mol. The molecule has 4 rings (SSSR count). The molecule has 0 bridgehead atoms. The van der Waals surface area contributed by atoms with Crippen molar-refractivity contribution in [2.45, 2.75) is 39.8 Å². The van der Waals surface area contributed by atoms with Crippen molar-refractivity contribution in [3.8, 4) is 0 Å². The van der Waals surface area contributed by atoms with E-state index in [4.69, 9.17) is 0 Å². The van der Waals surface area contributed by atoms with Crippen molar-refractivity contribution < 1.29 is 13.6 Å². The summed E-state index contributed by atoms with van der Waals surface area (Å²) in [5.74, 6) is -0.725. The van der Waals surface area contributed by atoms with Crippen LogP contribution in [0.25, 0.3) is 11.2 Å². The fourth-order valence-corrected chi connectivity index (χ4v) is 3.39. The third-order valence-electron chi connectivity index (χ3n) is 5.13. The predicted molar refractivity (Wildman–Crippen MR) is 121 cm³/mol. The molecule has 0 aliphatic heterocycles. The number of fused-ring (bicyclic) bond motifs is 1. The number of anilines is 2. The highest BCUT2D eigenvalue weighted by Gasteiger charge is 2.15. The summed E-state index contributed by atoms with van der Waals surface area (Å²) in [5.41, 5.74) is 2.64. The number of aromatic nitrogens is 5. The van der Waals surface area contributed by atoms with E-state index < -0.39 is 17.7 Å². The Morgan fingerprint density at radius 2 is 1.94 bits per heavy atom. The average Bonchev–Trinajstić information content (AvgIpc) is 3.20. The number of nitrogens with one attached hydrogen (secondary N) is 2. The lowest BCUT2D eigenvalue weighted by Crippen LogP contribution is -2.16. The van der Waals surface area contributed by atoms with Crippen LogP contribution in [0.1, 0.15) is 36.8 Å². The van der Waals surface area contributed by atoms with Crippen LogP contribution >= 0.6 is 0 Å². The lowest BCUT2D eigenvalue weighted by atomic mass is 10.1. The van der Waals surface area contributed by atoms with Crippen LogP contribution in [0.3, 0.4) is 0 Å². The highest BCUT2D eigenvalue weighted by atomic mass is 19.1. The number of hydrogen-bond donors (Lipinski definition) is 2. The van der Waals surface area contributed by atoms with Gasteiger partial charge in [-0.25, -0.2) is 18.7 Å². The van der Waals surface area contributed by atoms with Crippen LogP contribution in [0.2, 0.25) is 0 Å². The van der Waals surface area contributed by atoms with E-state index in [1.165, 1.54) is 31.2 Å². The number of nitrogens with zero attached hydrogens (tertiary/aromatic N) is 5. The van der Waals surface area contributed by atoms with Crippen LogP contribution < -0.4 is 10.6 Å². The summed E-state index contributed by atoms with van der Waals surface area (Å²) in [4.78, 5) is 25.2. The van der Waals surface area contributed by atoms with E-state index in [0.717, 1.165) is 0 Å². The Bertz CT molecular complexity index is 1320. The molecule has 3 heterocycles. The Balaban J connectivity index is 1.46. The van der Waals surface area contributed by atoms with Gasteiger partial charge in [-0.1, -0.05) is 0 Å². The summed E-state index contributed by atoms with van der Waals surface area (Å²) in [6.45, 7) is 6.00. The highest BCUT2D eigenvalue weighted by Crippen LogP contribution is 2.24. The number of benzene rings is 1. The zero-order valence-corrected chi connectivity index (χ0v) is 18.4. The lowest BCUT2D eigenvalue weighted by Gasteiger charge is -2.17. The molecule has 0 spiro atoms. The number of halogens is 2. The topological polar surface area (TPSA) is 97.6 Å². The Kier molecular flexibility index (Phi) is 6.25. The predicted octanol–water partition coefficient (Wildman–Crippen LogP) is 4.18. The first kappa shape index (κ1) is 22.3. The summed E-state index contributed by atoms with van der Waals surface area (Å²) in [6, 6.07) is 6.62. The van der Waals surface area contributed by atoms with Gasteiger partial charge in [-0.2, -0.15) is 5.10 Å². The first-order valence-electron chi connectivity index (χ1n) is 10.5. The van der Waals surface area contributed by atoms with Crippen molar-refractivity contribution in [1.82, 2.24) is 24.7 Å². The van der Waals surface area contributed by atoms with Gasteiger partial charge in [0, 0.05) is 17.8 Å². The number of aryl methyl sites for hydroxylation is 2. The van der Waals surface area contributed by atoms with Crippen molar-refractivity contribution in [2.24, 2.45) is 0 Å². The molecule has 4 aromatic rings. The third-order valence-corrected chi connectivity index (χ3v) is 5.13. The molecule has 1 aromatic carbocycles. The zero-order chi connectivity index (χ0) is 23.5. The second kappa shape index (κ2) is 9.27. The minimum atomic E-state index is -0.455.